The zero-order valence-corrected chi connectivity index (χ0v) is 32.4. The predicted molar refractivity (Wildman–Crippen MR) is 224 cm³/mol. The Balaban J connectivity index is 0.000000147. The van der Waals surface area contributed by atoms with Crippen LogP contribution >= 0.6 is 0 Å². The third-order valence-corrected chi connectivity index (χ3v) is 9.97. The second-order valence-corrected chi connectivity index (χ2v) is 13.5. The van der Waals surface area contributed by atoms with E-state index < -0.39 is 0 Å². The van der Waals surface area contributed by atoms with Crippen molar-refractivity contribution in [3.63, 3.8) is 0 Å². The summed E-state index contributed by atoms with van der Waals surface area (Å²) in [5.41, 5.74) is 7.99. The maximum Gasteiger partial charge on any atom is 2.00 e. The zero-order chi connectivity index (χ0) is 35.6. The van der Waals surface area contributed by atoms with Gasteiger partial charge in [0.15, 0.2) is 0 Å². The molecule has 0 amide bonds. The van der Waals surface area contributed by atoms with E-state index in [2.05, 4.69) is 184 Å². The second-order valence-electron chi connectivity index (χ2n) is 13.5. The van der Waals surface area contributed by atoms with E-state index in [-0.39, 0.29) is 39.4 Å². The summed E-state index contributed by atoms with van der Waals surface area (Å²) in [5.74, 6) is 0. The number of aryl methyl sites for hydroxylation is 2. The summed E-state index contributed by atoms with van der Waals surface area (Å²) < 4.78 is 0. The van der Waals surface area contributed by atoms with E-state index in [1.165, 1.54) is 98.0 Å². The van der Waals surface area contributed by atoms with Gasteiger partial charge in [-0.3, -0.25) is 0 Å². The molecule has 0 bridgehead atoms. The van der Waals surface area contributed by atoms with Gasteiger partial charge in [0.1, 0.15) is 0 Å². The van der Waals surface area contributed by atoms with Crippen LogP contribution in [0.4, 0.5) is 0 Å². The normalized spacial score (nSPS) is 11.0. The maximum absolute atomic E-state index is 7.62. The van der Waals surface area contributed by atoms with Crippen molar-refractivity contribution in [1.82, 2.24) is 0 Å². The molecule has 0 aliphatic heterocycles. The summed E-state index contributed by atoms with van der Waals surface area (Å²) >= 11 is 0. The Labute approximate surface area is 329 Å². The Morgan fingerprint density at radius 1 is 0.377 bits per heavy atom. The predicted octanol–water partition coefficient (Wildman–Crippen LogP) is 12.6. The molecule has 53 heavy (non-hydrogen) atoms. The van der Waals surface area contributed by atoms with Crippen molar-refractivity contribution in [2.24, 2.45) is 0 Å². The molecule has 3 heteroatoms. The van der Waals surface area contributed by atoms with E-state index in [4.69, 9.17) is 10.2 Å². The van der Waals surface area contributed by atoms with Crippen molar-refractivity contribution in [2.75, 3.05) is 13.2 Å². The van der Waals surface area contributed by atoms with Crippen LogP contribution in [0, 0.1) is 13.8 Å². The smallest absolute Gasteiger partial charge is 0.394 e. The third kappa shape index (κ3) is 7.01. The van der Waals surface area contributed by atoms with Gasteiger partial charge in [0.25, 0.3) is 0 Å². The van der Waals surface area contributed by atoms with E-state index in [1.54, 1.807) is 0 Å². The average molecular weight is 764 g/mol. The molecule has 0 radical (unpaired) electrons. The van der Waals surface area contributed by atoms with Crippen LogP contribution in [0.3, 0.4) is 0 Å². The molecule has 0 aromatic heterocycles. The van der Waals surface area contributed by atoms with Gasteiger partial charge in [-0.05, 0) is 66.3 Å². The Bertz CT molecular complexity index is 2550. The van der Waals surface area contributed by atoms with E-state index in [1.807, 2.05) is 0 Å². The largest absolute Gasteiger partial charge is 2.00 e. The Morgan fingerprint density at radius 3 is 1.02 bits per heavy atom. The van der Waals surface area contributed by atoms with E-state index in [0.717, 1.165) is 0 Å². The molecule has 2 N–H and O–H groups in total. The number of fused-ring (bicyclic) bond motifs is 6. The average Bonchev–Trinajstić information content (AvgIpc) is 3.77. The van der Waals surface area contributed by atoms with Crippen LogP contribution in [0.5, 0.6) is 0 Å². The summed E-state index contributed by atoms with van der Waals surface area (Å²) in [5, 5.41) is 31.1. The molecule has 10 rings (SSSR count). The van der Waals surface area contributed by atoms with Crippen molar-refractivity contribution in [3.8, 4) is 22.3 Å². The van der Waals surface area contributed by atoms with E-state index >= 15 is 0 Å². The first-order chi connectivity index (χ1) is 25.5. The van der Waals surface area contributed by atoms with Crippen LogP contribution in [0.15, 0.2) is 170 Å². The molecular formula is C50H40O2Zr. The van der Waals surface area contributed by atoms with Gasteiger partial charge in [0.05, 0.1) is 13.2 Å². The van der Waals surface area contributed by atoms with Crippen LogP contribution in [0.1, 0.15) is 11.1 Å². The first-order valence-corrected chi connectivity index (χ1v) is 17.9. The molecule has 10 aromatic rings. The summed E-state index contributed by atoms with van der Waals surface area (Å²) in [6.45, 7) is 4.09. The fraction of sp³-hybridized carbons (Fsp3) is 0.0800. The Kier molecular flexibility index (Phi) is 10.8. The zero-order valence-electron chi connectivity index (χ0n) is 30.0. The van der Waals surface area contributed by atoms with Gasteiger partial charge in [-0.1, -0.05) is 134 Å². The van der Waals surface area contributed by atoms with Gasteiger partial charge in [-0.2, -0.15) is 12.1 Å². The SMILES string of the molecule is Cc1cc2c(-c3c4ccccc4cc4ccccc34)cccc2[cH-]1.Cc1cc2c(-c3c4ccccc4cc4ccccc34)cccc2[cH-]1.OCCO.[Zr+2]. The molecule has 0 heterocycles. The standard InChI is InChI=1S/2C24H17.C2H6O2.Zr/c2*1-16-13-17-9-6-12-22(23(17)14-16)24-20-10-4-2-7-18(20)15-19-8-3-5-11-21(19)24;3-1-2-4;/h2*2-15H,1H3;3-4H,1-2H2;/q2*-1;;+2. The van der Waals surface area contributed by atoms with Gasteiger partial charge in [-0.25, -0.2) is 0 Å². The number of hydrogen-bond donors (Lipinski definition) is 2. The van der Waals surface area contributed by atoms with Crippen molar-refractivity contribution in [2.45, 2.75) is 13.8 Å². The number of aliphatic hydroxyl groups is 2. The van der Waals surface area contributed by atoms with Gasteiger partial charge in [-0.15, -0.1) is 69.1 Å². The molecular weight excluding hydrogens is 724 g/mol. The van der Waals surface area contributed by atoms with Gasteiger partial charge >= 0.3 is 26.2 Å². The minimum atomic E-state index is -0.125. The van der Waals surface area contributed by atoms with Crippen LogP contribution < -0.4 is 0 Å². The van der Waals surface area contributed by atoms with Crippen LogP contribution in [-0.4, -0.2) is 23.4 Å². The summed E-state index contributed by atoms with van der Waals surface area (Å²) in [7, 11) is 0. The number of benzene rings is 8. The minimum absolute atomic E-state index is 0. The monoisotopic (exact) mass is 762 g/mol. The van der Waals surface area contributed by atoms with Crippen LogP contribution in [0.2, 0.25) is 0 Å². The number of aliphatic hydroxyl groups excluding tert-OH is 2. The van der Waals surface area contributed by atoms with Gasteiger partial charge in [0, 0.05) is 0 Å². The summed E-state index contributed by atoms with van der Waals surface area (Å²) in [6.07, 6.45) is 0. The minimum Gasteiger partial charge on any atom is -0.394 e. The molecule has 2 nitrogen and oxygen atoms in total. The second kappa shape index (κ2) is 15.8. The first-order valence-electron chi connectivity index (χ1n) is 17.9. The van der Waals surface area contributed by atoms with Crippen molar-refractivity contribution in [3.05, 3.63) is 181 Å². The van der Waals surface area contributed by atoms with Crippen molar-refractivity contribution < 1.29 is 36.4 Å². The Morgan fingerprint density at radius 2 is 0.698 bits per heavy atom. The summed E-state index contributed by atoms with van der Waals surface area (Å²) in [6, 6.07) is 61.9. The molecule has 0 aliphatic carbocycles. The third-order valence-electron chi connectivity index (χ3n) is 9.97. The maximum atomic E-state index is 7.62. The summed E-state index contributed by atoms with van der Waals surface area (Å²) in [4.78, 5) is 0. The topological polar surface area (TPSA) is 40.5 Å². The van der Waals surface area contributed by atoms with E-state index in [0.29, 0.717) is 0 Å². The molecule has 256 valence electrons. The molecule has 0 unspecified atom stereocenters. The van der Waals surface area contributed by atoms with E-state index in [9.17, 15) is 0 Å². The van der Waals surface area contributed by atoms with Crippen LogP contribution in [0.25, 0.3) is 86.9 Å². The molecule has 10 aromatic carbocycles. The fourth-order valence-electron chi connectivity index (χ4n) is 7.81. The van der Waals surface area contributed by atoms with Gasteiger partial charge < -0.3 is 10.2 Å². The first kappa shape index (κ1) is 36.2. The van der Waals surface area contributed by atoms with Crippen molar-refractivity contribution >= 4 is 64.6 Å². The molecule has 0 atom stereocenters. The molecule has 0 saturated carbocycles. The number of rotatable bonds is 3. The Hall–Kier alpha value is -5.18. The van der Waals surface area contributed by atoms with Crippen molar-refractivity contribution in [1.29, 1.82) is 0 Å². The van der Waals surface area contributed by atoms with Gasteiger partial charge in [0.2, 0.25) is 0 Å². The van der Waals surface area contributed by atoms with Crippen LogP contribution in [-0.2, 0) is 26.2 Å². The number of hydrogen-bond acceptors (Lipinski definition) is 2. The molecule has 0 aliphatic rings. The molecule has 0 fully saturated rings. The molecule has 0 saturated heterocycles. The fourth-order valence-corrected chi connectivity index (χ4v) is 7.81. The quantitative estimate of drug-likeness (QED) is 0.139. The molecule has 0 spiro atoms.